The van der Waals surface area contributed by atoms with E-state index in [1.807, 2.05) is 24.4 Å². The Bertz CT molecular complexity index is 1320. The molecular formula is C23H22N6O4. The molecule has 1 N–H and O–H groups in total. The number of benzene rings is 2. The molecule has 5 rings (SSSR count). The molecular weight excluding hydrogens is 424 g/mol. The van der Waals surface area contributed by atoms with Crippen LogP contribution in [0.4, 0.5) is 5.69 Å². The molecule has 10 heteroatoms. The van der Waals surface area contributed by atoms with Gasteiger partial charge >= 0.3 is 0 Å². The van der Waals surface area contributed by atoms with Crippen molar-refractivity contribution in [2.45, 2.75) is 18.8 Å². The highest BCUT2D eigenvalue weighted by Crippen LogP contribution is 2.35. The number of hydrogen-bond donors (Lipinski definition) is 1. The highest BCUT2D eigenvalue weighted by atomic mass is 16.6. The van der Waals surface area contributed by atoms with E-state index < -0.39 is 4.92 Å². The van der Waals surface area contributed by atoms with Crippen LogP contribution in [0.5, 0.6) is 5.75 Å². The highest BCUT2D eigenvalue weighted by Gasteiger charge is 2.28. The molecule has 0 unspecified atom stereocenters. The number of hydrogen-bond acceptors (Lipinski definition) is 6. The number of H-pyrrole nitrogens is 1. The topological polar surface area (TPSA) is 119 Å². The fraction of sp³-hybridized carbons (Fsp3) is 0.261. The predicted octanol–water partition coefficient (Wildman–Crippen LogP) is 3.69. The first-order valence-electron chi connectivity index (χ1n) is 10.6. The molecule has 4 aromatic rings. The number of carbonyl (C=O) groups excluding carboxylic acids is 1. The monoisotopic (exact) mass is 446 g/mol. The lowest BCUT2D eigenvalue weighted by Crippen LogP contribution is -2.37. The first-order valence-corrected chi connectivity index (χ1v) is 10.6. The summed E-state index contributed by atoms with van der Waals surface area (Å²) in [7, 11) is 1.65. The second kappa shape index (κ2) is 8.38. The second-order valence-electron chi connectivity index (χ2n) is 8.02. The van der Waals surface area contributed by atoms with E-state index in [9.17, 15) is 14.9 Å². The van der Waals surface area contributed by atoms with Gasteiger partial charge in [-0.1, -0.05) is 0 Å². The van der Waals surface area contributed by atoms with Crippen molar-refractivity contribution < 1.29 is 14.5 Å². The van der Waals surface area contributed by atoms with Crippen LogP contribution in [0.15, 0.2) is 55.2 Å². The van der Waals surface area contributed by atoms with E-state index >= 15 is 0 Å². The maximum Gasteiger partial charge on any atom is 0.295 e. The average molecular weight is 446 g/mol. The molecule has 2 aromatic carbocycles. The molecule has 1 amide bonds. The summed E-state index contributed by atoms with van der Waals surface area (Å²) in [4.78, 5) is 33.1. The van der Waals surface area contributed by atoms with E-state index in [1.54, 1.807) is 18.1 Å². The molecule has 0 radical (unpaired) electrons. The molecule has 168 valence electrons. The number of methoxy groups -OCH3 is 1. The van der Waals surface area contributed by atoms with E-state index in [-0.39, 0.29) is 17.3 Å². The number of aromatic nitrogens is 4. The Kier molecular flexibility index (Phi) is 5.25. The number of rotatable bonds is 5. The summed E-state index contributed by atoms with van der Waals surface area (Å²) in [5, 5.41) is 16.7. The summed E-state index contributed by atoms with van der Waals surface area (Å²) in [6.45, 7) is 1.16. The minimum absolute atomic E-state index is 0.186. The van der Waals surface area contributed by atoms with E-state index in [1.165, 1.54) is 35.0 Å². The largest absolute Gasteiger partial charge is 0.497 e. The Morgan fingerprint density at radius 3 is 2.73 bits per heavy atom. The van der Waals surface area contributed by atoms with Crippen LogP contribution in [0, 0.1) is 10.1 Å². The van der Waals surface area contributed by atoms with Gasteiger partial charge in [-0.2, -0.15) is 5.10 Å². The van der Waals surface area contributed by atoms with Gasteiger partial charge in [-0.3, -0.25) is 14.9 Å². The summed E-state index contributed by atoms with van der Waals surface area (Å²) >= 11 is 0. The van der Waals surface area contributed by atoms with Crippen LogP contribution in [-0.2, 0) is 0 Å². The number of piperidine rings is 1. The minimum atomic E-state index is -0.509. The maximum absolute atomic E-state index is 13.1. The van der Waals surface area contributed by atoms with Gasteiger partial charge in [0.2, 0.25) is 0 Å². The molecule has 2 aromatic heterocycles. The summed E-state index contributed by atoms with van der Waals surface area (Å²) in [6, 6.07) is 10.4. The third-order valence-electron chi connectivity index (χ3n) is 6.23. The number of nitrogens with zero attached hydrogens (tertiary/aromatic N) is 5. The van der Waals surface area contributed by atoms with Crippen LogP contribution >= 0.6 is 0 Å². The normalized spacial score (nSPS) is 14.5. The average Bonchev–Trinajstić information content (AvgIpc) is 3.53. The van der Waals surface area contributed by atoms with Gasteiger partial charge in [-0.05, 0) is 54.7 Å². The molecule has 1 aliphatic heterocycles. The van der Waals surface area contributed by atoms with Gasteiger partial charge in [0.1, 0.15) is 24.1 Å². The van der Waals surface area contributed by atoms with Crippen molar-refractivity contribution in [1.29, 1.82) is 0 Å². The van der Waals surface area contributed by atoms with Gasteiger partial charge < -0.3 is 14.6 Å². The maximum atomic E-state index is 13.1. The lowest BCUT2D eigenvalue weighted by Gasteiger charge is -2.32. The number of nitro benzene ring substituents is 1. The van der Waals surface area contributed by atoms with E-state index in [0.29, 0.717) is 24.6 Å². The Morgan fingerprint density at radius 2 is 2.03 bits per heavy atom. The zero-order valence-corrected chi connectivity index (χ0v) is 18.0. The fourth-order valence-electron chi connectivity index (χ4n) is 4.49. The van der Waals surface area contributed by atoms with Crippen molar-refractivity contribution in [3.05, 3.63) is 76.5 Å². The van der Waals surface area contributed by atoms with Gasteiger partial charge in [0, 0.05) is 41.8 Å². The lowest BCUT2D eigenvalue weighted by molar-refractivity contribution is -0.384. The zero-order valence-electron chi connectivity index (χ0n) is 18.0. The van der Waals surface area contributed by atoms with Gasteiger partial charge in [-0.25, -0.2) is 9.67 Å². The summed E-state index contributed by atoms with van der Waals surface area (Å²) in [5.41, 5.74) is 2.66. The summed E-state index contributed by atoms with van der Waals surface area (Å²) < 4.78 is 6.68. The van der Waals surface area contributed by atoms with Crippen molar-refractivity contribution in [3.8, 4) is 11.4 Å². The Morgan fingerprint density at radius 1 is 1.21 bits per heavy atom. The zero-order chi connectivity index (χ0) is 22.9. The molecule has 10 nitrogen and oxygen atoms in total. The molecule has 0 bridgehead atoms. The summed E-state index contributed by atoms with van der Waals surface area (Å²) in [6.07, 6.45) is 6.36. The predicted molar refractivity (Wildman–Crippen MR) is 121 cm³/mol. The van der Waals surface area contributed by atoms with Crippen molar-refractivity contribution in [3.63, 3.8) is 0 Å². The third kappa shape index (κ3) is 3.79. The number of nitrogens with one attached hydrogen (secondary N) is 1. The third-order valence-corrected chi connectivity index (χ3v) is 6.23. The SMILES string of the molecule is COc1ccc2[nH]cc(C3CCN(C(=O)c4ccc(-n5cncn5)c([N+](=O)[O-])c4)CC3)c2c1. The van der Waals surface area contributed by atoms with Crippen molar-refractivity contribution in [2.75, 3.05) is 20.2 Å². The van der Waals surface area contributed by atoms with Gasteiger partial charge in [-0.15, -0.1) is 0 Å². The first kappa shape index (κ1) is 20.7. The van der Waals surface area contributed by atoms with Crippen LogP contribution in [0.3, 0.4) is 0 Å². The number of ether oxygens (including phenoxy) is 1. The number of fused-ring (bicyclic) bond motifs is 1. The van der Waals surface area contributed by atoms with E-state index in [2.05, 4.69) is 15.1 Å². The Labute approximate surface area is 188 Å². The standard InChI is InChI=1S/C23H22N6O4/c1-33-17-3-4-20-18(11-17)19(12-25-20)15-6-8-27(9-7-15)23(30)16-2-5-21(22(10-16)29(31)32)28-14-24-13-26-28/h2-5,10-15,25H,6-9H2,1H3. The number of likely N-dealkylation sites (tertiary alicyclic amines) is 1. The number of nitro groups is 1. The van der Waals surface area contributed by atoms with Crippen molar-refractivity contribution in [2.24, 2.45) is 0 Å². The first-order chi connectivity index (χ1) is 16.0. The van der Waals surface area contributed by atoms with Crippen molar-refractivity contribution >= 4 is 22.5 Å². The fourth-order valence-corrected chi connectivity index (χ4v) is 4.49. The van der Waals surface area contributed by atoms with Crippen LogP contribution in [0.2, 0.25) is 0 Å². The molecule has 1 aliphatic rings. The molecule has 1 saturated heterocycles. The molecule has 1 fully saturated rings. The van der Waals surface area contributed by atoms with Gasteiger partial charge in [0.05, 0.1) is 12.0 Å². The molecule has 0 saturated carbocycles. The highest BCUT2D eigenvalue weighted by molar-refractivity contribution is 5.95. The Balaban J connectivity index is 1.33. The number of aromatic amines is 1. The van der Waals surface area contributed by atoms with Crippen LogP contribution in [0.1, 0.15) is 34.7 Å². The smallest absolute Gasteiger partial charge is 0.295 e. The van der Waals surface area contributed by atoms with E-state index in [0.717, 1.165) is 29.5 Å². The van der Waals surface area contributed by atoms with Crippen LogP contribution in [0.25, 0.3) is 16.6 Å². The van der Waals surface area contributed by atoms with Crippen LogP contribution in [-0.4, -0.2) is 55.7 Å². The summed E-state index contributed by atoms with van der Waals surface area (Å²) in [5.74, 6) is 0.924. The molecule has 0 spiro atoms. The van der Waals surface area contributed by atoms with Gasteiger partial charge in [0.25, 0.3) is 11.6 Å². The molecule has 33 heavy (non-hydrogen) atoms. The van der Waals surface area contributed by atoms with Crippen LogP contribution < -0.4 is 4.74 Å². The minimum Gasteiger partial charge on any atom is -0.497 e. The lowest BCUT2D eigenvalue weighted by atomic mass is 9.89. The molecule has 0 atom stereocenters. The number of carbonyl (C=O) groups is 1. The molecule has 3 heterocycles. The Hall–Kier alpha value is -4.21. The second-order valence-corrected chi connectivity index (χ2v) is 8.02. The van der Waals surface area contributed by atoms with Gasteiger partial charge in [0.15, 0.2) is 0 Å². The van der Waals surface area contributed by atoms with E-state index in [4.69, 9.17) is 4.74 Å². The molecule has 0 aliphatic carbocycles. The van der Waals surface area contributed by atoms with Crippen molar-refractivity contribution in [1.82, 2.24) is 24.6 Å². The number of amides is 1. The quantitative estimate of drug-likeness (QED) is 0.369.